The molecular weight excluding hydrogens is 446 g/mol. The quantitative estimate of drug-likeness (QED) is 0.407. The van der Waals surface area contributed by atoms with Crippen molar-refractivity contribution in [2.24, 2.45) is 0 Å². The first kappa shape index (κ1) is 21.4. The SMILES string of the molecule is C[Si](C)(C)CCOCn1nc(N2CCC(F)(F)CC2)nc1-c1ccc(Br)cc1. The smallest absolute Gasteiger partial charge is 0.251 e. The second kappa shape index (κ2) is 8.58. The van der Waals surface area contributed by atoms with Crippen molar-refractivity contribution >= 4 is 30.0 Å². The summed E-state index contributed by atoms with van der Waals surface area (Å²) in [5.41, 5.74) is 0.915. The molecule has 1 aromatic heterocycles. The molecule has 1 fully saturated rings. The second-order valence-electron chi connectivity index (χ2n) is 8.43. The number of hydrogen-bond acceptors (Lipinski definition) is 4. The predicted molar refractivity (Wildman–Crippen MR) is 114 cm³/mol. The van der Waals surface area contributed by atoms with Crippen molar-refractivity contribution in [3.8, 4) is 11.4 Å². The van der Waals surface area contributed by atoms with Crippen LogP contribution < -0.4 is 4.90 Å². The van der Waals surface area contributed by atoms with Gasteiger partial charge in [0.15, 0.2) is 5.82 Å². The summed E-state index contributed by atoms with van der Waals surface area (Å²) in [7, 11) is -1.17. The normalized spacial score (nSPS) is 17.1. The van der Waals surface area contributed by atoms with E-state index >= 15 is 0 Å². The molecule has 1 aliphatic heterocycles. The van der Waals surface area contributed by atoms with Gasteiger partial charge in [0.25, 0.3) is 5.92 Å². The maximum absolute atomic E-state index is 13.5. The van der Waals surface area contributed by atoms with Crippen molar-refractivity contribution in [3.63, 3.8) is 0 Å². The Labute approximate surface area is 174 Å². The van der Waals surface area contributed by atoms with Gasteiger partial charge in [0.1, 0.15) is 6.73 Å². The van der Waals surface area contributed by atoms with Crippen LogP contribution in [0.15, 0.2) is 28.7 Å². The number of piperidine rings is 1. The van der Waals surface area contributed by atoms with Crippen molar-refractivity contribution in [1.29, 1.82) is 0 Å². The molecule has 0 spiro atoms. The van der Waals surface area contributed by atoms with E-state index < -0.39 is 14.0 Å². The van der Waals surface area contributed by atoms with Crippen LogP contribution >= 0.6 is 15.9 Å². The molecule has 1 aliphatic rings. The van der Waals surface area contributed by atoms with Crippen LogP contribution in [0.25, 0.3) is 11.4 Å². The number of nitrogens with zero attached hydrogens (tertiary/aromatic N) is 4. The molecule has 5 nitrogen and oxygen atoms in total. The molecule has 0 unspecified atom stereocenters. The van der Waals surface area contributed by atoms with Crippen molar-refractivity contribution in [1.82, 2.24) is 14.8 Å². The number of alkyl halides is 2. The highest BCUT2D eigenvalue weighted by Gasteiger charge is 2.35. The fraction of sp³-hybridized carbons (Fsp3) is 0.579. The van der Waals surface area contributed by atoms with Gasteiger partial charge in [-0.1, -0.05) is 47.7 Å². The molecule has 2 heterocycles. The average molecular weight is 473 g/mol. The topological polar surface area (TPSA) is 43.2 Å². The van der Waals surface area contributed by atoms with Crippen LogP contribution in [0, 0.1) is 0 Å². The van der Waals surface area contributed by atoms with Gasteiger partial charge in [-0.15, -0.1) is 5.10 Å². The van der Waals surface area contributed by atoms with Gasteiger partial charge in [-0.3, -0.25) is 0 Å². The fourth-order valence-electron chi connectivity index (χ4n) is 2.93. The van der Waals surface area contributed by atoms with E-state index in [1.165, 1.54) is 0 Å². The molecule has 0 radical (unpaired) electrons. The zero-order chi connectivity index (χ0) is 20.4. The van der Waals surface area contributed by atoms with Gasteiger partial charge in [0.05, 0.1) is 0 Å². The van der Waals surface area contributed by atoms with Crippen molar-refractivity contribution in [3.05, 3.63) is 28.7 Å². The van der Waals surface area contributed by atoms with Gasteiger partial charge >= 0.3 is 0 Å². The van der Waals surface area contributed by atoms with E-state index in [0.717, 1.165) is 16.1 Å². The first-order chi connectivity index (χ1) is 13.1. The Bertz CT molecular complexity index is 782. The molecule has 0 atom stereocenters. The fourth-order valence-corrected chi connectivity index (χ4v) is 3.95. The van der Waals surface area contributed by atoms with Gasteiger partial charge in [0, 0.05) is 50.6 Å². The van der Waals surface area contributed by atoms with Gasteiger partial charge in [-0.05, 0) is 18.2 Å². The van der Waals surface area contributed by atoms with Crippen LogP contribution in [0.3, 0.4) is 0 Å². The Kier molecular flexibility index (Phi) is 6.56. The largest absolute Gasteiger partial charge is 0.359 e. The first-order valence-corrected chi connectivity index (χ1v) is 14.0. The number of anilines is 1. The molecule has 0 saturated carbocycles. The van der Waals surface area contributed by atoms with E-state index in [1.54, 1.807) is 4.68 Å². The molecule has 28 heavy (non-hydrogen) atoms. The maximum Gasteiger partial charge on any atom is 0.251 e. The average Bonchev–Trinajstić information content (AvgIpc) is 3.02. The van der Waals surface area contributed by atoms with Gasteiger partial charge in [-0.25, -0.2) is 13.5 Å². The number of hydrogen-bond donors (Lipinski definition) is 0. The first-order valence-electron chi connectivity index (χ1n) is 9.54. The van der Waals surface area contributed by atoms with Crippen LogP contribution in [0.1, 0.15) is 12.8 Å². The minimum atomic E-state index is -2.59. The second-order valence-corrected chi connectivity index (χ2v) is 15.0. The lowest BCUT2D eigenvalue weighted by molar-refractivity contribution is -0.0223. The Balaban J connectivity index is 1.78. The highest BCUT2D eigenvalue weighted by molar-refractivity contribution is 9.10. The molecule has 0 bridgehead atoms. The molecule has 9 heteroatoms. The van der Waals surface area contributed by atoms with Gasteiger partial charge in [-0.2, -0.15) is 4.98 Å². The highest BCUT2D eigenvalue weighted by Crippen LogP contribution is 2.30. The van der Waals surface area contributed by atoms with Crippen molar-refractivity contribution in [2.75, 3.05) is 24.6 Å². The summed E-state index contributed by atoms with van der Waals surface area (Å²) in [6.07, 6.45) is -0.330. The van der Waals surface area contributed by atoms with Crippen LogP contribution in [0.5, 0.6) is 0 Å². The van der Waals surface area contributed by atoms with E-state index in [-0.39, 0.29) is 25.9 Å². The molecule has 0 aliphatic carbocycles. The molecule has 154 valence electrons. The zero-order valence-corrected chi connectivity index (χ0v) is 19.2. The Hall–Kier alpha value is -1.32. The predicted octanol–water partition coefficient (Wildman–Crippen LogP) is 5.26. The molecular formula is C19H27BrF2N4OSi. The Morgan fingerprint density at radius 2 is 1.79 bits per heavy atom. The third kappa shape index (κ3) is 5.84. The molecule has 1 aromatic carbocycles. The summed E-state index contributed by atoms with van der Waals surface area (Å²) in [6.45, 7) is 8.42. The molecule has 0 N–H and O–H groups in total. The lowest BCUT2D eigenvalue weighted by Gasteiger charge is -2.30. The zero-order valence-electron chi connectivity index (χ0n) is 16.6. The summed E-state index contributed by atoms with van der Waals surface area (Å²) >= 11 is 3.44. The molecule has 2 aromatic rings. The monoisotopic (exact) mass is 472 g/mol. The van der Waals surface area contributed by atoms with Crippen LogP contribution in [0.2, 0.25) is 25.7 Å². The summed E-state index contributed by atoms with van der Waals surface area (Å²) in [5, 5.41) is 4.58. The number of benzene rings is 1. The third-order valence-electron chi connectivity index (χ3n) is 4.75. The molecule has 1 saturated heterocycles. The molecule has 3 rings (SSSR count). The van der Waals surface area contributed by atoms with E-state index in [4.69, 9.17) is 4.74 Å². The van der Waals surface area contributed by atoms with Gasteiger partial charge in [0.2, 0.25) is 5.95 Å². The minimum absolute atomic E-state index is 0.165. The van der Waals surface area contributed by atoms with Crippen LogP contribution in [-0.4, -0.2) is 48.5 Å². The van der Waals surface area contributed by atoms with Gasteiger partial charge < -0.3 is 9.64 Å². The number of aromatic nitrogens is 3. The number of rotatable bonds is 7. The number of halogens is 3. The molecule has 0 amide bonds. The summed E-state index contributed by atoms with van der Waals surface area (Å²) in [6, 6.07) is 8.88. The van der Waals surface area contributed by atoms with E-state index in [9.17, 15) is 8.78 Å². The van der Waals surface area contributed by atoms with Crippen LogP contribution in [-0.2, 0) is 11.5 Å². The summed E-state index contributed by atoms with van der Waals surface area (Å²) in [5.74, 6) is -1.41. The highest BCUT2D eigenvalue weighted by atomic mass is 79.9. The van der Waals surface area contributed by atoms with E-state index in [0.29, 0.717) is 25.1 Å². The number of ether oxygens (including phenoxy) is 1. The Morgan fingerprint density at radius 3 is 2.39 bits per heavy atom. The van der Waals surface area contributed by atoms with E-state index in [2.05, 4.69) is 45.7 Å². The standard InChI is InChI=1S/C19H27BrF2N4OSi/c1-28(2,3)13-12-27-14-26-17(15-4-6-16(20)7-5-15)23-18(24-26)25-10-8-19(21,22)9-11-25/h4-7H,8-14H2,1-3H3. The van der Waals surface area contributed by atoms with Crippen LogP contribution in [0.4, 0.5) is 14.7 Å². The summed E-state index contributed by atoms with van der Waals surface area (Å²) < 4.78 is 35.6. The lowest BCUT2D eigenvalue weighted by atomic mass is 10.1. The minimum Gasteiger partial charge on any atom is -0.359 e. The van der Waals surface area contributed by atoms with E-state index in [1.807, 2.05) is 29.2 Å². The van der Waals surface area contributed by atoms with Crippen molar-refractivity contribution < 1.29 is 13.5 Å². The summed E-state index contributed by atoms with van der Waals surface area (Å²) in [4.78, 5) is 6.49. The Morgan fingerprint density at radius 1 is 1.14 bits per heavy atom. The lowest BCUT2D eigenvalue weighted by Crippen LogP contribution is -2.40. The maximum atomic E-state index is 13.5. The van der Waals surface area contributed by atoms with Crippen molar-refractivity contribution in [2.45, 2.75) is 51.2 Å². The third-order valence-corrected chi connectivity index (χ3v) is 6.98.